The number of methoxy groups -OCH3 is 1. The lowest BCUT2D eigenvalue weighted by Crippen LogP contribution is -2.16. The number of amides is 1. The summed E-state index contributed by atoms with van der Waals surface area (Å²) in [6, 6.07) is 7.72. The topological polar surface area (TPSA) is 50.7 Å². The molecule has 120 valence electrons. The van der Waals surface area contributed by atoms with Crippen molar-refractivity contribution in [2.45, 2.75) is 45.4 Å². The molecule has 4 nitrogen and oxygen atoms in total. The van der Waals surface area contributed by atoms with E-state index in [0.29, 0.717) is 6.42 Å². The number of nitrogens with zero attached hydrogens (tertiary/aromatic N) is 1. The van der Waals surface area contributed by atoms with Crippen molar-refractivity contribution in [3.05, 3.63) is 35.9 Å². The summed E-state index contributed by atoms with van der Waals surface area (Å²) in [4.78, 5) is 11.5. The molecule has 0 atom stereocenters. The monoisotopic (exact) mass is 302 g/mol. The Labute approximate surface area is 133 Å². The van der Waals surface area contributed by atoms with Crippen molar-refractivity contribution >= 4 is 18.2 Å². The van der Waals surface area contributed by atoms with Gasteiger partial charge in [-0.1, -0.05) is 50.8 Å². The molecule has 1 aromatic carbocycles. The summed E-state index contributed by atoms with van der Waals surface area (Å²) in [5, 5.41) is 3.90. The van der Waals surface area contributed by atoms with Crippen LogP contribution in [-0.4, -0.2) is 19.2 Å². The quantitative estimate of drug-likeness (QED) is 0.400. The maximum atomic E-state index is 11.5. The number of hydrogen-bond donors (Lipinski definition) is 1. The maximum absolute atomic E-state index is 11.5. The third-order valence-electron chi connectivity index (χ3n) is 3.27. The van der Waals surface area contributed by atoms with Gasteiger partial charge in [0.15, 0.2) is 0 Å². The molecule has 0 saturated carbocycles. The van der Waals surface area contributed by atoms with Crippen LogP contribution in [0.25, 0.3) is 6.08 Å². The fourth-order valence-corrected chi connectivity index (χ4v) is 2.05. The molecule has 0 aliphatic carbocycles. The zero-order valence-electron chi connectivity index (χ0n) is 13.5. The largest absolute Gasteiger partial charge is 0.496 e. The number of ether oxygens (including phenoxy) is 1. The molecule has 0 aliphatic heterocycles. The first-order valence-corrected chi connectivity index (χ1v) is 7.89. The van der Waals surface area contributed by atoms with E-state index < -0.39 is 0 Å². The van der Waals surface area contributed by atoms with E-state index >= 15 is 0 Å². The highest BCUT2D eigenvalue weighted by Crippen LogP contribution is 2.18. The van der Waals surface area contributed by atoms with Gasteiger partial charge in [0.1, 0.15) is 5.75 Å². The number of rotatable bonds is 10. The van der Waals surface area contributed by atoms with Crippen molar-refractivity contribution in [3.8, 4) is 5.75 Å². The van der Waals surface area contributed by atoms with Crippen LogP contribution in [0.15, 0.2) is 35.4 Å². The van der Waals surface area contributed by atoms with Gasteiger partial charge < -0.3 is 4.74 Å². The molecule has 0 aliphatic rings. The van der Waals surface area contributed by atoms with Crippen molar-refractivity contribution in [1.82, 2.24) is 5.43 Å². The second kappa shape index (κ2) is 11.5. The van der Waals surface area contributed by atoms with Crippen LogP contribution in [0.2, 0.25) is 0 Å². The molecule has 0 unspecified atom stereocenters. The predicted octanol–water partition coefficient (Wildman–Crippen LogP) is 4.17. The van der Waals surface area contributed by atoms with Crippen molar-refractivity contribution in [3.63, 3.8) is 0 Å². The maximum Gasteiger partial charge on any atom is 0.240 e. The van der Waals surface area contributed by atoms with E-state index in [1.807, 2.05) is 30.3 Å². The highest BCUT2D eigenvalue weighted by atomic mass is 16.5. The molecule has 1 amide bonds. The van der Waals surface area contributed by atoms with Gasteiger partial charge in [-0.05, 0) is 24.6 Å². The number of carbonyl (C=O) groups excluding carboxylic acids is 1. The van der Waals surface area contributed by atoms with E-state index in [4.69, 9.17) is 4.74 Å². The van der Waals surface area contributed by atoms with Gasteiger partial charge in [0.2, 0.25) is 5.91 Å². The SMILES string of the molecule is CCCCCCCC(=O)NN=CC=Cc1ccccc1OC. The first-order valence-electron chi connectivity index (χ1n) is 7.89. The van der Waals surface area contributed by atoms with Crippen molar-refractivity contribution in [2.24, 2.45) is 5.10 Å². The van der Waals surface area contributed by atoms with Crippen LogP contribution in [0.3, 0.4) is 0 Å². The van der Waals surface area contributed by atoms with E-state index in [9.17, 15) is 4.79 Å². The second-order valence-electron chi connectivity index (χ2n) is 5.08. The Balaban J connectivity index is 2.25. The Morgan fingerprint density at radius 1 is 1.23 bits per heavy atom. The fourth-order valence-electron chi connectivity index (χ4n) is 2.05. The minimum absolute atomic E-state index is 0.0292. The zero-order chi connectivity index (χ0) is 16.0. The number of hydrazone groups is 1. The van der Waals surface area contributed by atoms with Crippen LogP contribution < -0.4 is 10.2 Å². The van der Waals surface area contributed by atoms with Gasteiger partial charge >= 0.3 is 0 Å². The normalized spacial score (nSPS) is 11.2. The van der Waals surface area contributed by atoms with Gasteiger partial charge in [-0.2, -0.15) is 5.10 Å². The van der Waals surface area contributed by atoms with Crippen LogP contribution in [0.1, 0.15) is 51.0 Å². The highest BCUT2D eigenvalue weighted by Gasteiger charge is 1.98. The van der Waals surface area contributed by atoms with Crippen LogP contribution in [0, 0.1) is 0 Å². The first kappa shape index (κ1) is 18.0. The van der Waals surface area contributed by atoms with Gasteiger partial charge in [-0.25, -0.2) is 5.43 Å². The van der Waals surface area contributed by atoms with E-state index in [1.165, 1.54) is 19.3 Å². The molecule has 0 radical (unpaired) electrons. The molecule has 0 aromatic heterocycles. The molecule has 1 aromatic rings. The lowest BCUT2D eigenvalue weighted by atomic mass is 10.1. The number of nitrogens with one attached hydrogen (secondary N) is 1. The number of carbonyl (C=O) groups is 1. The third kappa shape index (κ3) is 7.62. The summed E-state index contributed by atoms with van der Waals surface area (Å²) in [7, 11) is 1.64. The Bertz CT molecular complexity index is 496. The number of unbranched alkanes of at least 4 members (excludes halogenated alkanes) is 4. The zero-order valence-corrected chi connectivity index (χ0v) is 13.5. The summed E-state index contributed by atoms with van der Waals surface area (Å²) in [6.45, 7) is 2.18. The van der Waals surface area contributed by atoms with Crippen LogP contribution in [0.5, 0.6) is 5.75 Å². The van der Waals surface area contributed by atoms with Crippen molar-refractivity contribution in [2.75, 3.05) is 7.11 Å². The smallest absolute Gasteiger partial charge is 0.240 e. The molecular weight excluding hydrogens is 276 g/mol. The summed E-state index contributed by atoms with van der Waals surface area (Å²) >= 11 is 0. The summed E-state index contributed by atoms with van der Waals surface area (Å²) < 4.78 is 5.25. The average Bonchev–Trinajstić information content (AvgIpc) is 2.54. The van der Waals surface area contributed by atoms with Gasteiger partial charge in [-0.3, -0.25) is 4.79 Å². The Morgan fingerprint density at radius 2 is 2.00 bits per heavy atom. The first-order chi connectivity index (χ1) is 10.8. The molecule has 0 saturated heterocycles. The standard InChI is InChI=1S/C18H26N2O2/c1-3-4-5-6-7-14-18(21)20-19-15-10-12-16-11-8-9-13-17(16)22-2/h8-13,15H,3-7,14H2,1-2H3,(H,20,21). The van der Waals surface area contributed by atoms with E-state index in [2.05, 4.69) is 17.5 Å². The molecule has 22 heavy (non-hydrogen) atoms. The molecule has 4 heteroatoms. The Hall–Kier alpha value is -2.10. The lowest BCUT2D eigenvalue weighted by molar-refractivity contribution is -0.121. The number of hydrogen-bond acceptors (Lipinski definition) is 3. The van der Waals surface area contributed by atoms with E-state index in [0.717, 1.165) is 24.2 Å². The highest BCUT2D eigenvalue weighted by molar-refractivity contribution is 5.81. The summed E-state index contributed by atoms with van der Waals surface area (Å²) in [6.07, 6.45) is 11.5. The summed E-state index contributed by atoms with van der Waals surface area (Å²) in [5.41, 5.74) is 3.51. The van der Waals surface area contributed by atoms with Crippen LogP contribution in [-0.2, 0) is 4.79 Å². The molecule has 1 N–H and O–H groups in total. The average molecular weight is 302 g/mol. The second-order valence-corrected chi connectivity index (χ2v) is 5.08. The van der Waals surface area contributed by atoms with Gasteiger partial charge in [0, 0.05) is 18.2 Å². The van der Waals surface area contributed by atoms with Gasteiger partial charge in [-0.15, -0.1) is 0 Å². The van der Waals surface area contributed by atoms with Gasteiger partial charge in [0.25, 0.3) is 0 Å². The summed E-state index contributed by atoms with van der Waals surface area (Å²) in [5.74, 6) is 0.779. The molecular formula is C18H26N2O2. The lowest BCUT2D eigenvalue weighted by Gasteiger charge is -2.02. The molecule has 0 fully saturated rings. The molecule has 0 heterocycles. The number of benzene rings is 1. The predicted molar refractivity (Wildman–Crippen MR) is 92.0 cm³/mol. The fraction of sp³-hybridized carbons (Fsp3) is 0.444. The molecule has 1 rings (SSSR count). The Kier molecular flexibility index (Phi) is 9.42. The van der Waals surface area contributed by atoms with Crippen LogP contribution in [0.4, 0.5) is 0 Å². The van der Waals surface area contributed by atoms with E-state index in [1.54, 1.807) is 19.4 Å². The third-order valence-corrected chi connectivity index (χ3v) is 3.27. The Morgan fingerprint density at radius 3 is 2.77 bits per heavy atom. The van der Waals surface area contributed by atoms with E-state index in [-0.39, 0.29) is 5.91 Å². The van der Waals surface area contributed by atoms with Gasteiger partial charge in [0.05, 0.1) is 7.11 Å². The molecule has 0 spiro atoms. The number of para-hydroxylation sites is 1. The number of allylic oxidation sites excluding steroid dienone is 1. The van der Waals surface area contributed by atoms with Crippen LogP contribution >= 0.6 is 0 Å². The van der Waals surface area contributed by atoms with Crippen molar-refractivity contribution in [1.29, 1.82) is 0 Å². The minimum Gasteiger partial charge on any atom is -0.496 e. The molecule has 0 bridgehead atoms. The minimum atomic E-state index is -0.0292. The van der Waals surface area contributed by atoms with Crippen molar-refractivity contribution < 1.29 is 9.53 Å².